The molecule has 4 rings (SSSR count). The van der Waals surface area contributed by atoms with Gasteiger partial charge < -0.3 is 14.1 Å². The second-order valence-corrected chi connectivity index (χ2v) is 7.42. The maximum atomic E-state index is 12.8. The number of fused-ring (bicyclic) bond motifs is 1. The molecule has 132 valence electrons. The van der Waals surface area contributed by atoms with Crippen molar-refractivity contribution in [3.63, 3.8) is 0 Å². The Morgan fingerprint density at radius 2 is 2.40 bits per heavy atom. The molecular weight excluding hydrogens is 316 g/mol. The van der Waals surface area contributed by atoms with E-state index in [-0.39, 0.29) is 11.3 Å². The van der Waals surface area contributed by atoms with Crippen molar-refractivity contribution >= 4 is 5.91 Å². The zero-order chi connectivity index (χ0) is 17.3. The zero-order valence-electron chi connectivity index (χ0n) is 14.6. The van der Waals surface area contributed by atoms with E-state index in [1.54, 1.807) is 12.5 Å². The monoisotopic (exact) mass is 340 g/mol. The third kappa shape index (κ3) is 3.09. The molecule has 2 aliphatic rings. The van der Waals surface area contributed by atoms with E-state index < -0.39 is 0 Å². The van der Waals surface area contributed by atoms with Gasteiger partial charge in [0, 0.05) is 36.5 Å². The van der Waals surface area contributed by atoms with Crippen LogP contribution >= 0.6 is 0 Å². The Bertz CT molecular complexity index is 742. The number of carbonyl (C=O) groups excluding carboxylic acids is 1. The largest absolute Gasteiger partial charge is 0.459 e. The van der Waals surface area contributed by atoms with E-state index in [1.165, 1.54) is 12.8 Å². The fourth-order valence-electron chi connectivity index (χ4n) is 4.40. The highest BCUT2D eigenvalue weighted by Gasteiger charge is 2.51. The molecule has 25 heavy (non-hydrogen) atoms. The summed E-state index contributed by atoms with van der Waals surface area (Å²) in [4.78, 5) is 18.9. The third-order valence-corrected chi connectivity index (χ3v) is 5.76. The quantitative estimate of drug-likeness (QED) is 0.837. The van der Waals surface area contributed by atoms with E-state index in [2.05, 4.69) is 4.98 Å². The highest BCUT2D eigenvalue weighted by Crippen LogP contribution is 2.49. The fraction of sp³-hybridized carbons (Fsp3) is 0.500. The Morgan fingerprint density at radius 3 is 3.16 bits per heavy atom. The lowest BCUT2D eigenvalue weighted by Crippen LogP contribution is -2.34. The Kier molecular flexibility index (Phi) is 4.34. The Labute approximate surface area is 148 Å². The molecule has 1 saturated heterocycles. The van der Waals surface area contributed by atoms with Crippen molar-refractivity contribution in [3.05, 3.63) is 53.7 Å². The minimum absolute atomic E-state index is 0.0172. The maximum absolute atomic E-state index is 12.8. The summed E-state index contributed by atoms with van der Waals surface area (Å²) in [5.41, 5.74) is 2.09. The maximum Gasteiger partial charge on any atom is 0.289 e. The number of nitrogens with zero attached hydrogens (tertiary/aromatic N) is 2. The summed E-state index contributed by atoms with van der Waals surface area (Å²) in [5.74, 6) is 1.02. The topological polar surface area (TPSA) is 55.6 Å². The predicted molar refractivity (Wildman–Crippen MR) is 93.0 cm³/mol. The van der Waals surface area contributed by atoms with E-state index in [0.717, 1.165) is 30.6 Å². The summed E-state index contributed by atoms with van der Waals surface area (Å²) in [6.07, 6.45) is 8.73. The van der Waals surface area contributed by atoms with Crippen molar-refractivity contribution < 1.29 is 13.9 Å². The number of pyridine rings is 1. The molecule has 0 spiro atoms. The molecule has 1 amide bonds. The van der Waals surface area contributed by atoms with Gasteiger partial charge in [0.25, 0.3) is 5.91 Å². The van der Waals surface area contributed by atoms with Crippen LogP contribution in [0, 0.1) is 18.3 Å². The second-order valence-electron chi connectivity index (χ2n) is 7.42. The molecule has 0 radical (unpaired) electrons. The zero-order valence-corrected chi connectivity index (χ0v) is 14.6. The van der Waals surface area contributed by atoms with Crippen LogP contribution in [0.5, 0.6) is 0 Å². The van der Waals surface area contributed by atoms with Gasteiger partial charge in [-0.3, -0.25) is 9.78 Å². The van der Waals surface area contributed by atoms with Gasteiger partial charge in [-0.1, -0.05) is 12.5 Å². The number of aromatic nitrogens is 1. The third-order valence-electron chi connectivity index (χ3n) is 5.76. The Hall–Kier alpha value is -2.14. The summed E-state index contributed by atoms with van der Waals surface area (Å²) in [6.45, 7) is 4.78. The summed E-state index contributed by atoms with van der Waals surface area (Å²) >= 11 is 0. The highest BCUT2D eigenvalue weighted by atomic mass is 16.5. The molecule has 0 unspecified atom stereocenters. The number of rotatable bonds is 5. The molecule has 1 aliphatic heterocycles. The van der Waals surface area contributed by atoms with E-state index in [0.29, 0.717) is 24.9 Å². The number of furan rings is 1. The van der Waals surface area contributed by atoms with Crippen LogP contribution in [0.1, 0.15) is 40.9 Å². The molecule has 2 aromatic heterocycles. The molecule has 5 heteroatoms. The molecule has 2 aromatic rings. The first-order valence-corrected chi connectivity index (χ1v) is 8.98. The molecule has 0 N–H and O–H groups in total. The van der Waals surface area contributed by atoms with Crippen molar-refractivity contribution in [3.8, 4) is 0 Å². The van der Waals surface area contributed by atoms with E-state index >= 15 is 0 Å². The summed E-state index contributed by atoms with van der Waals surface area (Å²) in [7, 11) is 0. The van der Waals surface area contributed by atoms with E-state index in [9.17, 15) is 4.79 Å². The first-order valence-electron chi connectivity index (χ1n) is 8.98. The van der Waals surface area contributed by atoms with Crippen LogP contribution in [0.3, 0.4) is 0 Å². The molecule has 1 aliphatic carbocycles. The number of likely N-dealkylation sites (tertiary alicyclic amines) is 1. The minimum Gasteiger partial charge on any atom is -0.459 e. The molecule has 5 nitrogen and oxygen atoms in total. The number of amides is 1. The Morgan fingerprint density at radius 1 is 1.48 bits per heavy atom. The average molecular weight is 340 g/mol. The van der Waals surface area contributed by atoms with Crippen molar-refractivity contribution in [2.75, 3.05) is 19.7 Å². The normalized spacial score (nSPS) is 25.3. The van der Waals surface area contributed by atoms with Crippen LogP contribution in [-0.2, 0) is 11.3 Å². The van der Waals surface area contributed by atoms with Crippen LogP contribution in [0.25, 0.3) is 0 Å². The van der Waals surface area contributed by atoms with Gasteiger partial charge in [0.15, 0.2) is 5.76 Å². The van der Waals surface area contributed by atoms with Crippen LogP contribution in [0.2, 0.25) is 0 Å². The van der Waals surface area contributed by atoms with Crippen LogP contribution in [0.4, 0.5) is 0 Å². The smallest absolute Gasteiger partial charge is 0.289 e. The molecular formula is C20H24N2O3. The van der Waals surface area contributed by atoms with Crippen LogP contribution in [0.15, 0.2) is 41.3 Å². The summed E-state index contributed by atoms with van der Waals surface area (Å²) in [5, 5.41) is 0. The molecule has 0 bridgehead atoms. The van der Waals surface area contributed by atoms with Gasteiger partial charge in [0.2, 0.25) is 0 Å². The van der Waals surface area contributed by atoms with E-state index in [1.807, 2.05) is 36.2 Å². The Balaban J connectivity index is 1.42. The van der Waals surface area contributed by atoms with Crippen molar-refractivity contribution in [2.24, 2.45) is 11.3 Å². The first kappa shape index (κ1) is 16.3. The lowest BCUT2D eigenvalue weighted by atomic mass is 9.81. The number of hydrogen-bond donors (Lipinski definition) is 0. The lowest BCUT2D eigenvalue weighted by Gasteiger charge is -2.28. The van der Waals surface area contributed by atoms with Crippen molar-refractivity contribution in [1.29, 1.82) is 0 Å². The average Bonchev–Trinajstić information content (AvgIpc) is 3.29. The van der Waals surface area contributed by atoms with Crippen LogP contribution < -0.4 is 0 Å². The van der Waals surface area contributed by atoms with Crippen molar-refractivity contribution in [2.45, 2.75) is 32.8 Å². The fourth-order valence-corrected chi connectivity index (χ4v) is 4.40. The van der Waals surface area contributed by atoms with Gasteiger partial charge in [-0.15, -0.1) is 0 Å². The van der Waals surface area contributed by atoms with Gasteiger partial charge in [-0.25, -0.2) is 0 Å². The number of hydrogen-bond acceptors (Lipinski definition) is 4. The van der Waals surface area contributed by atoms with Gasteiger partial charge in [-0.2, -0.15) is 0 Å². The number of aryl methyl sites for hydroxylation is 1. The van der Waals surface area contributed by atoms with Gasteiger partial charge >= 0.3 is 0 Å². The van der Waals surface area contributed by atoms with Crippen molar-refractivity contribution in [1.82, 2.24) is 9.88 Å². The van der Waals surface area contributed by atoms with Crippen LogP contribution in [-0.4, -0.2) is 35.5 Å². The molecule has 2 fully saturated rings. The molecule has 2 atom stereocenters. The first-order chi connectivity index (χ1) is 12.2. The molecule has 3 heterocycles. The van der Waals surface area contributed by atoms with Gasteiger partial charge in [-0.05, 0) is 43.4 Å². The highest BCUT2D eigenvalue weighted by molar-refractivity contribution is 5.93. The SMILES string of the molecule is Cc1ccoc1C(=O)N1C[C@@H]2CCC[C@]2(COCc2cccnc2)C1. The summed E-state index contributed by atoms with van der Waals surface area (Å²) < 4.78 is 11.5. The predicted octanol–water partition coefficient (Wildman–Crippen LogP) is 3.44. The standard InChI is InChI=1S/C20H24N2O3/c1-15-6-9-25-18(15)19(23)22-11-17-5-2-7-20(17,13-22)14-24-12-16-4-3-8-21-10-16/h3-4,6,8-10,17H,2,5,7,11-14H2,1H3/t17-,20+/m0/s1. The lowest BCUT2D eigenvalue weighted by molar-refractivity contribution is 0.0262. The minimum atomic E-state index is 0.0172. The van der Waals surface area contributed by atoms with Gasteiger partial charge in [0.1, 0.15) is 0 Å². The van der Waals surface area contributed by atoms with Gasteiger partial charge in [0.05, 0.1) is 19.5 Å². The number of ether oxygens (including phenoxy) is 1. The molecule has 1 saturated carbocycles. The van der Waals surface area contributed by atoms with E-state index in [4.69, 9.17) is 9.15 Å². The second kappa shape index (κ2) is 6.64. The number of carbonyl (C=O) groups is 1. The molecule has 0 aromatic carbocycles. The summed E-state index contributed by atoms with van der Waals surface area (Å²) in [6, 6.07) is 5.80.